The number of pyridine rings is 1. The number of nitrogens with zero attached hydrogens (tertiary/aromatic N) is 1. The Morgan fingerprint density at radius 3 is 2.76 bits per heavy atom. The number of carboxylic acid groups (broad SMARTS) is 1. The van der Waals surface area contributed by atoms with Gasteiger partial charge < -0.3 is 10.4 Å². The molecule has 1 aromatic heterocycles. The summed E-state index contributed by atoms with van der Waals surface area (Å²) < 4.78 is 0. The highest BCUT2D eigenvalue weighted by atomic mass is 35.5. The summed E-state index contributed by atoms with van der Waals surface area (Å²) in [5.41, 5.74) is 0.754. The number of hydrogen-bond acceptors (Lipinski definition) is 3. The number of rotatable bonds is 3. The Morgan fingerprint density at radius 1 is 1.41 bits per heavy atom. The number of nitrogens with one attached hydrogen (secondary N) is 1. The molecule has 0 saturated heterocycles. The summed E-state index contributed by atoms with van der Waals surface area (Å²) in [5.74, 6) is -0.979. The molecule has 1 aromatic rings. The van der Waals surface area contributed by atoms with Crippen molar-refractivity contribution in [1.82, 2.24) is 4.98 Å². The molecule has 0 unspecified atom stereocenters. The van der Waals surface area contributed by atoms with Gasteiger partial charge in [0.2, 0.25) is 0 Å². The summed E-state index contributed by atoms with van der Waals surface area (Å²) in [7, 11) is 0. The van der Waals surface area contributed by atoms with Gasteiger partial charge in [-0.25, -0.2) is 9.78 Å². The maximum absolute atomic E-state index is 11.1. The van der Waals surface area contributed by atoms with Crippen LogP contribution in [0.25, 0.3) is 0 Å². The van der Waals surface area contributed by atoms with Crippen molar-refractivity contribution < 1.29 is 9.90 Å². The van der Waals surface area contributed by atoms with Gasteiger partial charge in [0.05, 0.1) is 5.69 Å². The molecule has 17 heavy (non-hydrogen) atoms. The van der Waals surface area contributed by atoms with Crippen molar-refractivity contribution in [2.75, 3.05) is 5.32 Å². The lowest BCUT2D eigenvalue weighted by Crippen LogP contribution is -2.23. The fourth-order valence-electron chi connectivity index (χ4n) is 2.19. The largest absolute Gasteiger partial charge is 0.478 e. The Labute approximate surface area is 105 Å². The molecule has 0 atom stereocenters. The van der Waals surface area contributed by atoms with Crippen molar-refractivity contribution in [1.29, 1.82) is 0 Å². The first-order valence-corrected chi connectivity index (χ1v) is 6.20. The van der Waals surface area contributed by atoms with E-state index in [2.05, 4.69) is 10.3 Å². The average Bonchev–Trinajstić information content (AvgIpc) is 2.30. The van der Waals surface area contributed by atoms with Crippen LogP contribution in [0.4, 0.5) is 5.69 Å². The molecule has 0 aromatic carbocycles. The first-order valence-electron chi connectivity index (χ1n) is 5.82. The highest BCUT2D eigenvalue weighted by molar-refractivity contribution is 6.29. The van der Waals surface area contributed by atoms with Crippen LogP contribution in [0.15, 0.2) is 12.3 Å². The van der Waals surface area contributed by atoms with Crippen molar-refractivity contribution >= 4 is 23.3 Å². The van der Waals surface area contributed by atoms with Gasteiger partial charge in [-0.2, -0.15) is 0 Å². The van der Waals surface area contributed by atoms with E-state index >= 15 is 0 Å². The smallest absolute Gasteiger partial charge is 0.339 e. The maximum Gasteiger partial charge on any atom is 0.339 e. The molecule has 2 rings (SSSR count). The van der Waals surface area contributed by atoms with E-state index in [-0.39, 0.29) is 5.56 Å². The minimum Gasteiger partial charge on any atom is -0.478 e. The summed E-state index contributed by atoms with van der Waals surface area (Å²) >= 11 is 5.80. The second-order valence-corrected chi connectivity index (χ2v) is 4.72. The monoisotopic (exact) mass is 254 g/mol. The Bertz CT molecular complexity index is 417. The molecule has 0 spiro atoms. The van der Waals surface area contributed by atoms with Crippen molar-refractivity contribution in [2.45, 2.75) is 38.1 Å². The molecule has 1 aliphatic carbocycles. The third kappa shape index (κ3) is 3.09. The fraction of sp³-hybridized carbons (Fsp3) is 0.500. The predicted octanol–water partition coefficient (Wildman–Crippen LogP) is 3.18. The topological polar surface area (TPSA) is 62.2 Å². The third-order valence-corrected chi connectivity index (χ3v) is 3.27. The fourth-order valence-corrected chi connectivity index (χ4v) is 2.34. The van der Waals surface area contributed by atoms with E-state index in [0.717, 1.165) is 12.8 Å². The number of aromatic carboxylic acids is 1. The highest BCUT2D eigenvalue weighted by Gasteiger charge is 2.17. The molecule has 1 fully saturated rings. The van der Waals surface area contributed by atoms with Crippen LogP contribution in [-0.2, 0) is 0 Å². The zero-order valence-electron chi connectivity index (χ0n) is 9.45. The van der Waals surface area contributed by atoms with Crippen molar-refractivity contribution in [3.05, 3.63) is 23.0 Å². The summed E-state index contributed by atoms with van der Waals surface area (Å²) in [6, 6.07) is 1.93. The number of aromatic nitrogens is 1. The third-order valence-electron chi connectivity index (χ3n) is 3.07. The minimum absolute atomic E-state index is 0.181. The minimum atomic E-state index is -0.979. The molecule has 0 radical (unpaired) electrons. The molecule has 5 heteroatoms. The average molecular weight is 255 g/mol. The molecule has 1 heterocycles. The first kappa shape index (κ1) is 12.2. The quantitative estimate of drug-likeness (QED) is 0.814. The van der Waals surface area contributed by atoms with E-state index in [1.54, 1.807) is 6.07 Å². The van der Waals surface area contributed by atoms with Gasteiger partial charge in [-0.05, 0) is 18.9 Å². The second kappa shape index (κ2) is 5.36. The Kier molecular flexibility index (Phi) is 3.84. The summed E-state index contributed by atoms with van der Waals surface area (Å²) in [5, 5.41) is 12.6. The summed E-state index contributed by atoms with van der Waals surface area (Å²) in [6.07, 6.45) is 7.12. The molecular weight excluding hydrogens is 240 g/mol. The highest BCUT2D eigenvalue weighted by Crippen LogP contribution is 2.25. The Hall–Kier alpha value is -1.29. The van der Waals surface area contributed by atoms with Gasteiger partial charge in [0.25, 0.3) is 0 Å². The van der Waals surface area contributed by atoms with Gasteiger partial charge in [0, 0.05) is 12.2 Å². The van der Waals surface area contributed by atoms with Crippen LogP contribution in [0.2, 0.25) is 5.15 Å². The standard InChI is InChI=1S/C12H15ClN2O2/c13-11-6-10(9(7-14-11)12(16)17)15-8-4-2-1-3-5-8/h6-8H,1-5H2,(H,14,15)(H,16,17). The van der Waals surface area contributed by atoms with Gasteiger partial charge in [-0.1, -0.05) is 30.9 Å². The van der Waals surface area contributed by atoms with Crippen molar-refractivity contribution in [3.8, 4) is 0 Å². The van der Waals surface area contributed by atoms with E-state index in [1.165, 1.54) is 25.5 Å². The van der Waals surface area contributed by atoms with E-state index in [1.807, 2.05) is 0 Å². The van der Waals surface area contributed by atoms with E-state index in [0.29, 0.717) is 16.9 Å². The van der Waals surface area contributed by atoms with Crippen molar-refractivity contribution in [2.24, 2.45) is 0 Å². The van der Waals surface area contributed by atoms with E-state index in [9.17, 15) is 4.79 Å². The van der Waals surface area contributed by atoms with Crippen LogP contribution in [0.3, 0.4) is 0 Å². The summed E-state index contributed by atoms with van der Waals surface area (Å²) in [6.45, 7) is 0. The summed E-state index contributed by atoms with van der Waals surface area (Å²) in [4.78, 5) is 14.9. The zero-order chi connectivity index (χ0) is 12.3. The van der Waals surface area contributed by atoms with Gasteiger partial charge in [-0.3, -0.25) is 0 Å². The molecule has 0 bridgehead atoms. The van der Waals surface area contributed by atoms with Gasteiger partial charge in [-0.15, -0.1) is 0 Å². The van der Waals surface area contributed by atoms with E-state index in [4.69, 9.17) is 16.7 Å². The number of carboxylic acids is 1. The maximum atomic E-state index is 11.1. The lowest BCUT2D eigenvalue weighted by atomic mass is 9.95. The van der Waals surface area contributed by atoms with Crippen LogP contribution in [0.5, 0.6) is 0 Å². The van der Waals surface area contributed by atoms with Crippen LogP contribution < -0.4 is 5.32 Å². The molecule has 0 aliphatic heterocycles. The first-order chi connectivity index (χ1) is 8.16. The SMILES string of the molecule is O=C(O)c1cnc(Cl)cc1NC1CCCCC1. The number of anilines is 1. The zero-order valence-corrected chi connectivity index (χ0v) is 10.2. The van der Waals surface area contributed by atoms with Gasteiger partial charge in [0.15, 0.2) is 0 Å². The molecule has 0 amide bonds. The van der Waals surface area contributed by atoms with Gasteiger partial charge >= 0.3 is 5.97 Å². The second-order valence-electron chi connectivity index (χ2n) is 4.34. The number of hydrogen-bond donors (Lipinski definition) is 2. The molecule has 1 aliphatic rings. The molecule has 1 saturated carbocycles. The molecule has 92 valence electrons. The molecule has 4 nitrogen and oxygen atoms in total. The van der Waals surface area contributed by atoms with Gasteiger partial charge in [0.1, 0.15) is 10.7 Å². The van der Waals surface area contributed by atoms with Crippen LogP contribution in [-0.4, -0.2) is 22.1 Å². The molecule has 2 N–H and O–H groups in total. The Balaban J connectivity index is 2.17. The predicted molar refractivity (Wildman–Crippen MR) is 66.7 cm³/mol. The number of halogens is 1. The lowest BCUT2D eigenvalue weighted by Gasteiger charge is -2.24. The Morgan fingerprint density at radius 2 is 2.12 bits per heavy atom. The van der Waals surface area contributed by atoms with Crippen LogP contribution in [0, 0.1) is 0 Å². The normalized spacial score (nSPS) is 16.8. The van der Waals surface area contributed by atoms with E-state index < -0.39 is 5.97 Å². The van der Waals surface area contributed by atoms with Crippen molar-refractivity contribution in [3.63, 3.8) is 0 Å². The van der Waals surface area contributed by atoms with Crippen LogP contribution in [0.1, 0.15) is 42.5 Å². The lowest BCUT2D eigenvalue weighted by molar-refractivity contribution is 0.0697. The number of carbonyl (C=O) groups is 1. The molecular formula is C12H15ClN2O2. The van der Waals surface area contributed by atoms with Crippen LogP contribution >= 0.6 is 11.6 Å².